The monoisotopic (exact) mass is 576 g/mol. The second kappa shape index (κ2) is 14.8. The first kappa shape index (κ1) is 31.2. The van der Waals surface area contributed by atoms with E-state index < -0.39 is 19.9 Å². The Hall–Kier alpha value is -4.38. The molecule has 0 saturated carbocycles. The smallest absolute Gasteiger partial charge is 0.338 e. The number of rotatable bonds is 10. The molecule has 0 heterocycles. The van der Waals surface area contributed by atoms with Crippen LogP contribution in [0.25, 0.3) is 0 Å². The van der Waals surface area contributed by atoms with E-state index in [1.165, 1.54) is 28.3 Å². The Morgan fingerprint density at radius 1 is 0.829 bits per heavy atom. The molecule has 0 bridgehead atoms. The van der Waals surface area contributed by atoms with E-state index >= 15 is 0 Å². The third-order valence-corrected chi connectivity index (χ3v) is 7.14. The fourth-order valence-electron chi connectivity index (χ4n) is 3.95. The van der Waals surface area contributed by atoms with Crippen LogP contribution in [0.3, 0.4) is 0 Å². The molecule has 0 aliphatic heterocycles. The van der Waals surface area contributed by atoms with Crippen molar-refractivity contribution in [1.82, 2.24) is 4.90 Å². The average Bonchev–Trinajstić information content (AvgIpc) is 2.96. The van der Waals surface area contributed by atoms with Crippen LogP contribution in [-0.4, -0.2) is 41.9 Å². The first-order valence-corrected chi connectivity index (χ1v) is 14.2. The molecule has 0 radical (unpaired) electrons. The fourth-order valence-corrected chi connectivity index (χ4v) is 4.47. The summed E-state index contributed by atoms with van der Waals surface area (Å²) in [5.74, 6) is -0.271. The minimum absolute atomic E-state index is 0.271. The number of esters is 1. The Kier molecular flexibility index (Phi) is 11.3. The highest BCUT2D eigenvalue weighted by molar-refractivity contribution is 7.85. The van der Waals surface area contributed by atoms with Gasteiger partial charge in [-0.1, -0.05) is 72.8 Å². The van der Waals surface area contributed by atoms with E-state index in [1.54, 1.807) is 12.1 Å². The van der Waals surface area contributed by atoms with E-state index in [2.05, 4.69) is 67.3 Å². The van der Waals surface area contributed by atoms with Crippen LogP contribution in [-0.2, 0) is 27.9 Å². The van der Waals surface area contributed by atoms with Gasteiger partial charge >= 0.3 is 5.97 Å². The maximum atomic E-state index is 12.2. The van der Waals surface area contributed by atoms with Crippen LogP contribution >= 0.6 is 0 Å². The van der Waals surface area contributed by atoms with Crippen molar-refractivity contribution in [3.05, 3.63) is 141 Å². The summed E-state index contributed by atoms with van der Waals surface area (Å²) in [5.41, 5.74) is 5.36. The molecule has 0 aliphatic carbocycles. The lowest BCUT2D eigenvalue weighted by atomic mass is 10.1. The van der Waals surface area contributed by atoms with E-state index in [1.807, 2.05) is 18.2 Å². The third-order valence-electron chi connectivity index (χ3n) is 6.29. The molecule has 0 unspecified atom stereocenters. The van der Waals surface area contributed by atoms with Gasteiger partial charge in [0.05, 0.1) is 10.5 Å². The van der Waals surface area contributed by atoms with Crippen LogP contribution in [0.5, 0.6) is 0 Å². The van der Waals surface area contributed by atoms with Crippen LogP contribution in [0.1, 0.15) is 32.6 Å². The van der Waals surface area contributed by atoms with Crippen LogP contribution in [0.15, 0.2) is 108 Å². The van der Waals surface area contributed by atoms with Gasteiger partial charge in [-0.15, -0.1) is 0 Å². The molecule has 4 aromatic carbocycles. The zero-order valence-electron chi connectivity index (χ0n) is 22.8. The van der Waals surface area contributed by atoms with Gasteiger partial charge in [-0.3, -0.25) is 19.6 Å². The minimum Gasteiger partial charge on any atom is -0.461 e. The molecule has 0 fully saturated rings. The molecule has 0 saturated heterocycles. The van der Waals surface area contributed by atoms with Crippen molar-refractivity contribution >= 4 is 21.8 Å². The van der Waals surface area contributed by atoms with Crippen molar-refractivity contribution in [2.75, 3.05) is 13.2 Å². The highest BCUT2D eigenvalue weighted by atomic mass is 32.2. The second-order valence-corrected chi connectivity index (χ2v) is 10.7. The molecular weight excluding hydrogens is 544 g/mol. The van der Waals surface area contributed by atoms with Crippen molar-refractivity contribution in [2.24, 2.45) is 0 Å². The molecule has 10 heteroatoms. The number of hydrogen-bond donors (Lipinski definition) is 1. The van der Waals surface area contributed by atoms with Crippen molar-refractivity contribution < 1.29 is 27.4 Å². The molecule has 9 nitrogen and oxygen atoms in total. The summed E-state index contributed by atoms with van der Waals surface area (Å²) in [5, 5.41) is 10.2. The lowest BCUT2D eigenvalue weighted by molar-refractivity contribution is -0.385. The normalized spacial score (nSPS) is 10.9. The van der Waals surface area contributed by atoms with Gasteiger partial charge in [-0.05, 0) is 54.3 Å². The van der Waals surface area contributed by atoms with Gasteiger partial charge in [0.25, 0.3) is 15.8 Å². The van der Waals surface area contributed by atoms with Crippen molar-refractivity contribution in [3.63, 3.8) is 0 Å². The summed E-state index contributed by atoms with van der Waals surface area (Å²) in [6.45, 7) is 6.97. The Bertz CT molecular complexity index is 1530. The molecule has 0 aromatic heterocycles. The fraction of sp³-hybridized carbons (Fsp3) is 0.194. The molecule has 0 aliphatic rings. The SMILES string of the molecule is Cc1ccccc1CN(CCOC(=O)c1ccccc1)Cc1ccccc1C.O=[N+]([O-])c1cccc(S(=O)(=O)O)c1. The number of ether oxygens (including phenoxy) is 1. The van der Waals surface area contributed by atoms with Crippen LogP contribution in [0, 0.1) is 24.0 Å². The number of nitrogens with zero attached hydrogens (tertiary/aromatic N) is 2. The minimum atomic E-state index is -4.36. The van der Waals surface area contributed by atoms with Gasteiger partial charge in [0.2, 0.25) is 0 Å². The van der Waals surface area contributed by atoms with Gasteiger partial charge in [0.15, 0.2) is 0 Å². The number of hydrogen-bond acceptors (Lipinski definition) is 7. The van der Waals surface area contributed by atoms with Gasteiger partial charge in [-0.2, -0.15) is 8.42 Å². The number of carbonyl (C=O) groups is 1. The first-order chi connectivity index (χ1) is 19.5. The zero-order chi connectivity index (χ0) is 29.8. The molecule has 4 aromatic rings. The quantitative estimate of drug-likeness (QED) is 0.105. The number of non-ortho nitro benzene ring substituents is 1. The second-order valence-electron chi connectivity index (χ2n) is 9.30. The summed E-state index contributed by atoms with van der Waals surface area (Å²) in [7, 11) is -4.36. The maximum absolute atomic E-state index is 12.2. The highest BCUT2D eigenvalue weighted by Crippen LogP contribution is 2.17. The molecule has 0 spiro atoms. The Balaban J connectivity index is 0.000000298. The summed E-state index contributed by atoms with van der Waals surface area (Å²) in [4.78, 5) is 23.5. The molecule has 214 valence electrons. The maximum Gasteiger partial charge on any atom is 0.338 e. The van der Waals surface area contributed by atoms with Crippen LogP contribution < -0.4 is 0 Å². The lowest BCUT2D eigenvalue weighted by Gasteiger charge is -2.24. The molecule has 41 heavy (non-hydrogen) atoms. The largest absolute Gasteiger partial charge is 0.461 e. The molecular formula is C31H32N2O7S. The number of nitro benzene ring substituents is 1. The third kappa shape index (κ3) is 9.95. The summed E-state index contributed by atoms with van der Waals surface area (Å²) < 4.78 is 35.1. The highest BCUT2D eigenvalue weighted by Gasteiger charge is 2.14. The number of aryl methyl sites for hydroxylation is 2. The van der Waals surface area contributed by atoms with E-state index in [0.717, 1.165) is 31.3 Å². The van der Waals surface area contributed by atoms with Gasteiger partial charge in [0.1, 0.15) is 11.5 Å². The first-order valence-electron chi connectivity index (χ1n) is 12.8. The number of nitro groups is 1. The van der Waals surface area contributed by atoms with E-state index in [4.69, 9.17) is 9.29 Å². The molecule has 0 atom stereocenters. The molecule has 0 amide bonds. The van der Waals surface area contributed by atoms with Gasteiger partial charge < -0.3 is 4.74 Å². The summed E-state index contributed by atoms with van der Waals surface area (Å²) in [6.07, 6.45) is 0. The molecule has 4 rings (SSSR count). The van der Waals surface area contributed by atoms with Crippen molar-refractivity contribution in [1.29, 1.82) is 0 Å². The van der Waals surface area contributed by atoms with Crippen molar-refractivity contribution in [2.45, 2.75) is 31.8 Å². The van der Waals surface area contributed by atoms with Gasteiger partial charge in [-0.25, -0.2) is 4.79 Å². The van der Waals surface area contributed by atoms with Crippen LogP contribution in [0.2, 0.25) is 0 Å². The van der Waals surface area contributed by atoms with E-state index in [-0.39, 0.29) is 11.7 Å². The zero-order valence-corrected chi connectivity index (χ0v) is 23.7. The standard InChI is InChI=1S/C25H27NO2.C6H5NO5S/c1-20-10-6-8-14-23(20)18-26(19-24-15-9-7-11-21(24)2)16-17-28-25(27)22-12-4-3-5-13-22;8-7(9)5-2-1-3-6(4-5)13(10,11)12/h3-15H,16-19H2,1-2H3;1-4H,(H,10,11,12). The molecule has 1 N–H and O–H groups in total. The Labute approximate surface area is 239 Å². The Morgan fingerprint density at radius 3 is 1.88 bits per heavy atom. The summed E-state index contributed by atoms with van der Waals surface area (Å²) in [6, 6.07) is 30.2. The predicted molar refractivity (Wildman–Crippen MR) is 156 cm³/mol. The van der Waals surface area contributed by atoms with Gasteiger partial charge in [0, 0.05) is 31.8 Å². The van der Waals surface area contributed by atoms with Crippen molar-refractivity contribution in [3.8, 4) is 0 Å². The topological polar surface area (TPSA) is 127 Å². The number of benzene rings is 4. The predicted octanol–water partition coefficient (Wildman–Crippen LogP) is 6.00. The van der Waals surface area contributed by atoms with Crippen LogP contribution in [0.4, 0.5) is 5.69 Å². The van der Waals surface area contributed by atoms with E-state index in [0.29, 0.717) is 18.7 Å². The van der Waals surface area contributed by atoms with E-state index in [9.17, 15) is 23.3 Å². The summed E-state index contributed by atoms with van der Waals surface area (Å²) >= 11 is 0. The number of carbonyl (C=O) groups excluding carboxylic acids is 1. The lowest BCUT2D eigenvalue weighted by Crippen LogP contribution is -2.28. The Morgan fingerprint density at radius 2 is 1.37 bits per heavy atom. The average molecular weight is 577 g/mol.